The molecule has 5 aromatic rings. The van der Waals surface area contributed by atoms with Gasteiger partial charge in [0.1, 0.15) is 23.6 Å². The SMILES string of the molecule is O=c1c(O)c(-c2ccc3ccccc3n2)oc2cc(OCc3ccccc3)ccc12. The highest BCUT2D eigenvalue weighted by Gasteiger charge is 2.17. The number of aromatic nitrogens is 1. The molecule has 0 saturated carbocycles. The van der Waals surface area contributed by atoms with Crippen molar-refractivity contribution in [1.29, 1.82) is 0 Å². The molecule has 5 heteroatoms. The average molecular weight is 395 g/mol. The molecule has 3 aromatic carbocycles. The number of aromatic hydroxyl groups is 1. The first-order valence-electron chi connectivity index (χ1n) is 9.52. The first-order chi connectivity index (χ1) is 14.7. The van der Waals surface area contributed by atoms with Crippen LogP contribution in [0.4, 0.5) is 0 Å². The lowest BCUT2D eigenvalue weighted by atomic mass is 10.1. The smallest absolute Gasteiger partial charge is 0.235 e. The summed E-state index contributed by atoms with van der Waals surface area (Å²) in [5, 5.41) is 11.7. The van der Waals surface area contributed by atoms with Crippen molar-refractivity contribution in [3.63, 3.8) is 0 Å². The van der Waals surface area contributed by atoms with Crippen LogP contribution in [-0.2, 0) is 6.61 Å². The minimum absolute atomic E-state index is 0.0402. The van der Waals surface area contributed by atoms with Gasteiger partial charge in [0.05, 0.1) is 10.9 Å². The monoisotopic (exact) mass is 395 g/mol. The summed E-state index contributed by atoms with van der Waals surface area (Å²) >= 11 is 0. The third-order valence-corrected chi connectivity index (χ3v) is 4.92. The number of nitrogens with zero attached hydrogens (tertiary/aromatic N) is 1. The number of para-hydroxylation sites is 1. The topological polar surface area (TPSA) is 72.6 Å². The molecule has 2 heterocycles. The summed E-state index contributed by atoms with van der Waals surface area (Å²) in [5.74, 6) is 0.152. The van der Waals surface area contributed by atoms with Crippen molar-refractivity contribution in [2.75, 3.05) is 0 Å². The van der Waals surface area contributed by atoms with E-state index in [2.05, 4.69) is 4.98 Å². The Morgan fingerprint density at radius 2 is 1.70 bits per heavy atom. The van der Waals surface area contributed by atoms with Crippen LogP contribution in [0, 0.1) is 0 Å². The van der Waals surface area contributed by atoms with Crippen LogP contribution in [0.3, 0.4) is 0 Å². The highest BCUT2D eigenvalue weighted by molar-refractivity contribution is 5.85. The van der Waals surface area contributed by atoms with E-state index in [-0.39, 0.29) is 11.1 Å². The molecule has 0 fully saturated rings. The molecule has 0 aliphatic carbocycles. The van der Waals surface area contributed by atoms with Crippen LogP contribution in [-0.4, -0.2) is 10.1 Å². The van der Waals surface area contributed by atoms with Crippen molar-refractivity contribution in [3.8, 4) is 23.0 Å². The Balaban J connectivity index is 1.56. The van der Waals surface area contributed by atoms with Crippen LogP contribution in [0.25, 0.3) is 33.3 Å². The zero-order chi connectivity index (χ0) is 20.5. The number of pyridine rings is 1. The summed E-state index contributed by atoms with van der Waals surface area (Å²) in [4.78, 5) is 17.2. The lowest BCUT2D eigenvalue weighted by Crippen LogP contribution is -2.03. The van der Waals surface area contributed by atoms with Gasteiger partial charge in [-0.1, -0.05) is 54.6 Å². The first kappa shape index (κ1) is 17.9. The van der Waals surface area contributed by atoms with Gasteiger partial charge < -0.3 is 14.3 Å². The summed E-state index contributed by atoms with van der Waals surface area (Å²) in [5.41, 5.74) is 1.99. The van der Waals surface area contributed by atoms with Gasteiger partial charge in [0.25, 0.3) is 0 Å². The molecule has 0 aliphatic heterocycles. The number of hydrogen-bond donors (Lipinski definition) is 1. The van der Waals surface area contributed by atoms with E-state index in [0.717, 1.165) is 16.5 Å². The van der Waals surface area contributed by atoms with Crippen molar-refractivity contribution in [3.05, 3.63) is 101 Å². The van der Waals surface area contributed by atoms with Crippen LogP contribution in [0.15, 0.2) is 94.1 Å². The molecule has 5 rings (SSSR count). The van der Waals surface area contributed by atoms with Gasteiger partial charge in [-0.25, -0.2) is 4.98 Å². The zero-order valence-electron chi connectivity index (χ0n) is 15.9. The molecule has 30 heavy (non-hydrogen) atoms. The highest BCUT2D eigenvalue weighted by atomic mass is 16.5. The predicted molar refractivity (Wildman–Crippen MR) is 116 cm³/mol. The summed E-state index contributed by atoms with van der Waals surface area (Å²) in [6.07, 6.45) is 0. The maximum Gasteiger partial charge on any atom is 0.235 e. The Morgan fingerprint density at radius 3 is 2.57 bits per heavy atom. The van der Waals surface area contributed by atoms with Crippen molar-refractivity contribution >= 4 is 21.9 Å². The van der Waals surface area contributed by atoms with E-state index in [0.29, 0.717) is 23.6 Å². The van der Waals surface area contributed by atoms with Crippen LogP contribution in [0.1, 0.15) is 5.56 Å². The fraction of sp³-hybridized carbons (Fsp3) is 0.0400. The fourth-order valence-electron chi connectivity index (χ4n) is 3.36. The quantitative estimate of drug-likeness (QED) is 0.447. The Bertz CT molecular complexity index is 1420. The van der Waals surface area contributed by atoms with Crippen molar-refractivity contribution in [2.45, 2.75) is 6.61 Å². The lowest BCUT2D eigenvalue weighted by Gasteiger charge is -2.09. The van der Waals surface area contributed by atoms with Gasteiger partial charge in [-0.05, 0) is 29.8 Å². The second-order valence-corrected chi connectivity index (χ2v) is 6.93. The van der Waals surface area contributed by atoms with Gasteiger partial charge in [0.2, 0.25) is 11.2 Å². The van der Waals surface area contributed by atoms with Gasteiger partial charge in [-0.15, -0.1) is 0 Å². The fourth-order valence-corrected chi connectivity index (χ4v) is 3.36. The second-order valence-electron chi connectivity index (χ2n) is 6.93. The predicted octanol–water partition coefficient (Wildman–Crippen LogP) is 5.29. The molecule has 146 valence electrons. The van der Waals surface area contributed by atoms with E-state index in [4.69, 9.17) is 9.15 Å². The normalized spacial score (nSPS) is 11.1. The number of ether oxygens (including phenoxy) is 1. The van der Waals surface area contributed by atoms with Gasteiger partial charge in [0, 0.05) is 11.5 Å². The van der Waals surface area contributed by atoms with Gasteiger partial charge in [-0.3, -0.25) is 4.79 Å². The summed E-state index contributed by atoms with van der Waals surface area (Å²) in [6, 6.07) is 26.0. The molecule has 0 radical (unpaired) electrons. The standard InChI is InChI=1S/C25H17NO4/c27-23-19-12-11-18(29-15-16-6-2-1-3-7-16)14-22(19)30-25(24(23)28)21-13-10-17-8-4-5-9-20(17)26-21/h1-14,28H,15H2. The molecule has 2 aromatic heterocycles. The van der Waals surface area contributed by atoms with Crippen LogP contribution in [0.5, 0.6) is 11.5 Å². The second kappa shape index (κ2) is 7.37. The minimum atomic E-state index is -0.504. The number of fused-ring (bicyclic) bond motifs is 2. The average Bonchev–Trinajstić information content (AvgIpc) is 2.80. The molecule has 5 nitrogen and oxygen atoms in total. The molecule has 0 atom stereocenters. The number of benzene rings is 3. The van der Waals surface area contributed by atoms with E-state index in [1.807, 2.05) is 60.7 Å². The van der Waals surface area contributed by atoms with Gasteiger partial charge >= 0.3 is 0 Å². The molecular formula is C25H17NO4. The highest BCUT2D eigenvalue weighted by Crippen LogP contribution is 2.31. The van der Waals surface area contributed by atoms with E-state index in [9.17, 15) is 9.90 Å². The number of hydrogen-bond acceptors (Lipinski definition) is 5. The maximum atomic E-state index is 12.7. The largest absolute Gasteiger partial charge is 0.501 e. The van der Waals surface area contributed by atoms with Gasteiger partial charge in [0.15, 0.2) is 5.76 Å². The van der Waals surface area contributed by atoms with Crippen molar-refractivity contribution < 1.29 is 14.3 Å². The van der Waals surface area contributed by atoms with E-state index >= 15 is 0 Å². The molecule has 0 unspecified atom stereocenters. The summed E-state index contributed by atoms with van der Waals surface area (Å²) in [6.45, 7) is 0.397. The van der Waals surface area contributed by atoms with Crippen molar-refractivity contribution in [1.82, 2.24) is 4.98 Å². The van der Waals surface area contributed by atoms with Crippen LogP contribution < -0.4 is 10.2 Å². The first-order valence-corrected chi connectivity index (χ1v) is 9.52. The molecule has 0 amide bonds. The molecule has 0 spiro atoms. The maximum absolute atomic E-state index is 12.7. The number of rotatable bonds is 4. The molecular weight excluding hydrogens is 378 g/mol. The Hall–Kier alpha value is -4.12. The van der Waals surface area contributed by atoms with Crippen molar-refractivity contribution in [2.24, 2.45) is 0 Å². The zero-order valence-corrected chi connectivity index (χ0v) is 15.9. The van der Waals surface area contributed by atoms with E-state index in [1.54, 1.807) is 24.3 Å². The minimum Gasteiger partial charge on any atom is -0.501 e. The van der Waals surface area contributed by atoms with E-state index in [1.165, 1.54) is 0 Å². The molecule has 0 saturated heterocycles. The third-order valence-electron chi connectivity index (χ3n) is 4.92. The summed E-state index contributed by atoms with van der Waals surface area (Å²) < 4.78 is 11.7. The van der Waals surface area contributed by atoms with Crippen LogP contribution in [0.2, 0.25) is 0 Å². The Morgan fingerprint density at radius 1 is 0.900 bits per heavy atom. The molecule has 0 bridgehead atoms. The summed E-state index contributed by atoms with van der Waals surface area (Å²) in [7, 11) is 0. The Labute approximate surface area is 171 Å². The van der Waals surface area contributed by atoms with Crippen LogP contribution >= 0.6 is 0 Å². The molecule has 0 aliphatic rings. The molecule has 1 N–H and O–H groups in total. The lowest BCUT2D eigenvalue weighted by molar-refractivity contribution is 0.306. The van der Waals surface area contributed by atoms with E-state index < -0.39 is 11.2 Å². The van der Waals surface area contributed by atoms with Gasteiger partial charge in [-0.2, -0.15) is 0 Å². The third kappa shape index (κ3) is 3.26. The Kier molecular flexibility index (Phi) is 4.41.